The van der Waals surface area contributed by atoms with E-state index in [0.29, 0.717) is 18.7 Å². The van der Waals surface area contributed by atoms with E-state index >= 15 is 0 Å². The van der Waals surface area contributed by atoms with Crippen molar-refractivity contribution in [1.29, 1.82) is 0 Å². The molecule has 1 fully saturated rings. The van der Waals surface area contributed by atoms with Crippen LogP contribution in [0.5, 0.6) is 0 Å². The molecule has 0 bridgehead atoms. The lowest BCUT2D eigenvalue weighted by molar-refractivity contribution is -0.119. The van der Waals surface area contributed by atoms with Gasteiger partial charge in [-0.3, -0.25) is 14.4 Å². The molecule has 1 aliphatic rings. The minimum absolute atomic E-state index is 0.0608. The topological polar surface area (TPSA) is 78.5 Å². The first-order valence-corrected chi connectivity index (χ1v) is 9.63. The second-order valence-electron chi connectivity index (χ2n) is 7.36. The summed E-state index contributed by atoms with van der Waals surface area (Å²) in [4.78, 5) is 38.9. The van der Waals surface area contributed by atoms with Gasteiger partial charge in [-0.1, -0.05) is 32.0 Å². The summed E-state index contributed by atoms with van der Waals surface area (Å²) in [5, 5.41) is 5.40. The first kappa shape index (κ1) is 20.5. The predicted octanol–water partition coefficient (Wildman–Crippen LogP) is 3.35. The fourth-order valence-electron chi connectivity index (χ4n) is 3.29. The molecule has 29 heavy (non-hydrogen) atoms. The molecular formula is C22H24FN3O3. The van der Waals surface area contributed by atoms with E-state index in [9.17, 15) is 18.8 Å². The summed E-state index contributed by atoms with van der Waals surface area (Å²) >= 11 is 0. The van der Waals surface area contributed by atoms with E-state index in [4.69, 9.17) is 0 Å². The standard InChI is InChI=1S/C22H24FN3O3/c1-14(2)20(25-21(28)17-9-3-4-10-18(17)23)22(29)24-15-7-5-8-16(13-15)26-12-6-11-19(26)27/h3-5,7-10,13-14,20H,6,11-12H2,1-2H3,(H,24,29)(H,25,28). The van der Waals surface area contributed by atoms with Crippen LogP contribution in [0.2, 0.25) is 0 Å². The Morgan fingerprint density at radius 2 is 1.86 bits per heavy atom. The number of benzene rings is 2. The van der Waals surface area contributed by atoms with E-state index in [-0.39, 0.29) is 17.4 Å². The minimum atomic E-state index is -0.848. The van der Waals surface area contributed by atoms with Gasteiger partial charge in [0.1, 0.15) is 11.9 Å². The Kier molecular flexibility index (Phi) is 6.26. The molecule has 0 aliphatic carbocycles. The summed E-state index contributed by atoms with van der Waals surface area (Å²) < 4.78 is 13.9. The molecule has 2 N–H and O–H groups in total. The lowest BCUT2D eigenvalue weighted by atomic mass is 10.0. The quantitative estimate of drug-likeness (QED) is 0.785. The van der Waals surface area contributed by atoms with Crippen LogP contribution in [0.3, 0.4) is 0 Å². The van der Waals surface area contributed by atoms with Crippen molar-refractivity contribution in [2.75, 3.05) is 16.8 Å². The van der Waals surface area contributed by atoms with E-state index in [1.54, 1.807) is 43.0 Å². The van der Waals surface area contributed by atoms with Gasteiger partial charge >= 0.3 is 0 Å². The van der Waals surface area contributed by atoms with Gasteiger partial charge in [0.05, 0.1) is 5.56 Å². The van der Waals surface area contributed by atoms with Crippen molar-refractivity contribution in [2.24, 2.45) is 5.92 Å². The fraction of sp³-hybridized carbons (Fsp3) is 0.318. The first-order chi connectivity index (χ1) is 13.9. The van der Waals surface area contributed by atoms with Gasteiger partial charge in [0.25, 0.3) is 5.91 Å². The van der Waals surface area contributed by atoms with Crippen molar-refractivity contribution in [3.8, 4) is 0 Å². The zero-order valence-electron chi connectivity index (χ0n) is 16.4. The number of hydrogen-bond donors (Lipinski definition) is 2. The molecule has 1 atom stereocenters. The van der Waals surface area contributed by atoms with Gasteiger partial charge in [0, 0.05) is 24.3 Å². The monoisotopic (exact) mass is 397 g/mol. The van der Waals surface area contributed by atoms with E-state index in [1.807, 2.05) is 6.07 Å². The number of anilines is 2. The molecule has 7 heteroatoms. The average molecular weight is 397 g/mol. The highest BCUT2D eigenvalue weighted by Crippen LogP contribution is 2.24. The Hall–Kier alpha value is -3.22. The van der Waals surface area contributed by atoms with Crippen molar-refractivity contribution < 1.29 is 18.8 Å². The molecule has 1 aliphatic heterocycles. The Labute approximate surface area is 169 Å². The minimum Gasteiger partial charge on any atom is -0.340 e. The van der Waals surface area contributed by atoms with Crippen LogP contribution >= 0.6 is 0 Å². The largest absolute Gasteiger partial charge is 0.340 e. The van der Waals surface area contributed by atoms with Crippen molar-refractivity contribution >= 4 is 29.1 Å². The van der Waals surface area contributed by atoms with Gasteiger partial charge in [-0.05, 0) is 42.7 Å². The Morgan fingerprint density at radius 1 is 1.10 bits per heavy atom. The van der Waals surface area contributed by atoms with Crippen LogP contribution in [0.25, 0.3) is 0 Å². The van der Waals surface area contributed by atoms with Crippen molar-refractivity contribution in [2.45, 2.75) is 32.7 Å². The highest BCUT2D eigenvalue weighted by atomic mass is 19.1. The maximum absolute atomic E-state index is 13.9. The fourth-order valence-corrected chi connectivity index (χ4v) is 3.29. The Balaban J connectivity index is 1.72. The highest BCUT2D eigenvalue weighted by molar-refractivity contribution is 6.02. The van der Waals surface area contributed by atoms with E-state index in [2.05, 4.69) is 10.6 Å². The van der Waals surface area contributed by atoms with Crippen LogP contribution in [0, 0.1) is 11.7 Å². The normalized spacial score (nSPS) is 14.8. The zero-order valence-corrected chi connectivity index (χ0v) is 16.4. The number of rotatable bonds is 6. The van der Waals surface area contributed by atoms with Gasteiger partial charge in [0.2, 0.25) is 11.8 Å². The third kappa shape index (κ3) is 4.80. The lowest BCUT2D eigenvalue weighted by Gasteiger charge is -2.22. The average Bonchev–Trinajstić information content (AvgIpc) is 3.12. The molecule has 0 spiro atoms. The van der Waals surface area contributed by atoms with Crippen molar-refractivity contribution in [3.63, 3.8) is 0 Å². The number of carbonyl (C=O) groups is 3. The summed E-state index contributed by atoms with van der Waals surface area (Å²) in [7, 11) is 0. The highest BCUT2D eigenvalue weighted by Gasteiger charge is 2.26. The number of nitrogens with one attached hydrogen (secondary N) is 2. The molecule has 2 aromatic rings. The molecule has 3 amide bonds. The van der Waals surface area contributed by atoms with E-state index < -0.39 is 23.7 Å². The number of nitrogens with zero attached hydrogens (tertiary/aromatic N) is 1. The summed E-state index contributed by atoms with van der Waals surface area (Å²) in [6, 6.07) is 11.8. The molecule has 1 saturated heterocycles. The van der Waals surface area contributed by atoms with Gasteiger partial charge in [0.15, 0.2) is 0 Å². The van der Waals surface area contributed by atoms with Crippen LogP contribution in [0.15, 0.2) is 48.5 Å². The molecule has 0 saturated carbocycles. The summed E-state index contributed by atoms with van der Waals surface area (Å²) in [5.74, 6) is -1.85. The molecule has 1 heterocycles. The van der Waals surface area contributed by atoms with E-state index in [1.165, 1.54) is 18.2 Å². The molecule has 6 nitrogen and oxygen atoms in total. The molecule has 1 unspecified atom stereocenters. The summed E-state index contributed by atoms with van der Waals surface area (Å²) in [6.07, 6.45) is 1.33. The second-order valence-corrected chi connectivity index (χ2v) is 7.36. The molecule has 3 rings (SSSR count). The first-order valence-electron chi connectivity index (χ1n) is 9.63. The zero-order chi connectivity index (χ0) is 21.0. The molecular weight excluding hydrogens is 373 g/mol. The summed E-state index contributed by atoms with van der Waals surface area (Å²) in [5.41, 5.74) is 1.14. The number of amides is 3. The predicted molar refractivity (Wildman–Crippen MR) is 109 cm³/mol. The van der Waals surface area contributed by atoms with Crippen molar-refractivity contribution in [1.82, 2.24) is 5.32 Å². The van der Waals surface area contributed by atoms with Crippen LogP contribution in [-0.2, 0) is 9.59 Å². The van der Waals surface area contributed by atoms with Gasteiger partial charge < -0.3 is 15.5 Å². The van der Waals surface area contributed by atoms with Crippen LogP contribution in [0.4, 0.5) is 15.8 Å². The van der Waals surface area contributed by atoms with Crippen molar-refractivity contribution in [3.05, 3.63) is 59.9 Å². The Morgan fingerprint density at radius 3 is 2.52 bits per heavy atom. The third-order valence-electron chi connectivity index (χ3n) is 4.85. The Bertz CT molecular complexity index is 929. The van der Waals surface area contributed by atoms with Gasteiger partial charge in [-0.25, -0.2) is 4.39 Å². The maximum Gasteiger partial charge on any atom is 0.254 e. The smallest absolute Gasteiger partial charge is 0.254 e. The molecule has 152 valence electrons. The summed E-state index contributed by atoms with van der Waals surface area (Å²) in [6.45, 7) is 4.25. The molecule has 0 aromatic heterocycles. The molecule has 2 aromatic carbocycles. The molecule has 0 radical (unpaired) electrons. The van der Waals surface area contributed by atoms with Crippen LogP contribution < -0.4 is 15.5 Å². The number of halogens is 1. The second kappa shape index (κ2) is 8.86. The van der Waals surface area contributed by atoms with Crippen LogP contribution in [-0.4, -0.2) is 30.3 Å². The van der Waals surface area contributed by atoms with Gasteiger partial charge in [-0.15, -0.1) is 0 Å². The van der Waals surface area contributed by atoms with Crippen LogP contribution in [0.1, 0.15) is 37.0 Å². The van der Waals surface area contributed by atoms with Gasteiger partial charge in [-0.2, -0.15) is 0 Å². The number of carbonyl (C=O) groups excluding carboxylic acids is 3. The maximum atomic E-state index is 13.9. The van der Waals surface area contributed by atoms with E-state index in [0.717, 1.165) is 12.1 Å². The lowest BCUT2D eigenvalue weighted by Crippen LogP contribution is -2.47. The number of hydrogen-bond acceptors (Lipinski definition) is 3. The third-order valence-corrected chi connectivity index (χ3v) is 4.85. The SMILES string of the molecule is CC(C)C(NC(=O)c1ccccc1F)C(=O)Nc1cccc(N2CCCC2=O)c1.